The molecule has 1 N–H and O–H groups in total. The van der Waals surface area contributed by atoms with Crippen molar-refractivity contribution in [2.24, 2.45) is 0 Å². The van der Waals surface area contributed by atoms with E-state index in [1.165, 1.54) is 0 Å². The topological polar surface area (TPSA) is 77.3 Å². The van der Waals surface area contributed by atoms with E-state index in [9.17, 15) is 10.1 Å². The number of hydrogen-bond donors (Lipinski definition) is 1. The maximum Gasteiger partial charge on any atom is 0.314 e. The van der Waals surface area contributed by atoms with Crippen LogP contribution in [-0.2, 0) is 0 Å². The Kier molecular flexibility index (Phi) is 3.84. The Bertz CT molecular complexity index is 656. The summed E-state index contributed by atoms with van der Waals surface area (Å²) in [5, 5.41) is 14.1. The number of nitrogens with zero attached hydrogens (tertiary/aromatic N) is 2. The highest BCUT2D eigenvalue weighted by atomic mass is 16.6. The van der Waals surface area contributed by atoms with Gasteiger partial charge in [0.05, 0.1) is 12.0 Å². The summed E-state index contributed by atoms with van der Waals surface area (Å²) in [6, 6.07) is 8.84. The van der Waals surface area contributed by atoms with E-state index in [1.54, 1.807) is 51.3 Å². The second kappa shape index (κ2) is 5.56. The molecule has 0 aliphatic carbocycles. The standard InChI is InChI=1S/C14H15N3O3/c1-9-7-10(2)15-14(13(9)17(18)19)16-11-5-4-6-12(8-11)20-3/h4-8H,1-3H3,(H,15,16). The molecule has 0 aliphatic heterocycles. The van der Waals surface area contributed by atoms with Crippen LogP contribution in [-0.4, -0.2) is 17.0 Å². The Morgan fingerprint density at radius 2 is 2.05 bits per heavy atom. The van der Waals surface area contributed by atoms with Crippen LogP contribution in [0.5, 0.6) is 5.75 Å². The van der Waals surface area contributed by atoms with Crippen molar-refractivity contribution >= 4 is 17.2 Å². The minimum atomic E-state index is -0.426. The van der Waals surface area contributed by atoms with Gasteiger partial charge < -0.3 is 10.1 Å². The Morgan fingerprint density at radius 3 is 2.70 bits per heavy atom. The number of nitro groups is 1. The third-order valence-electron chi connectivity index (χ3n) is 2.83. The molecule has 0 amide bonds. The molecule has 6 heteroatoms. The summed E-state index contributed by atoms with van der Waals surface area (Å²) in [6.07, 6.45) is 0. The number of methoxy groups -OCH3 is 1. The van der Waals surface area contributed by atoms with Crippen molar-refractivity contribution in [3.05, 3.63) is 51.7 Å². The van der Waals surface area contributed by atoms with E-state index in [1.807, 2.05) is 0 Å². The van der Waals surface area contributed by atoms with Gasteiger partial charge in [-0.25, -0.2) is 4.98 Å². The van der Waals surface area contributed by atoms with Gasteiger partial charge in [0.15, 0.2) is 0 Å². The van der Waals surface area contributed by atoms with Gasteiger partial charge in [0.1, 0.15) is 5.75 Å². The highest BCUT2D eigenvalue weighted by molar-refractivity contribution is 5.68. The summed E-state index contributed by atoms with van der Waals surface area (Å²) in [5.74, 6) is 0.905. The average Bonchev–Trinajstić information content (AvgIpc) is 2.37. The Hall–Kier alpha value is -2.63. The normalized spacial score (nSPS) is 10.2. The molecular formula is C14H15N3O3. The summed E-state index contributed by atoms with van der Waals surface area (Å²) in [6.45, 7) is 3.50. The minimum absolute atomic E-state index is 0.0154. The second-order valence-corrected chi connectivity index (χ2v) is 4.39. The van der Waals surface area contributed by atoms with E-state index in [0.29, 0.717) is 17.0 Å². The molecule has 104 valence electrons. The van der Waals surface area contributed by atoms with E-state index < -0.39 is 4.92 Å². The molecule has 0 atom stereocenters. The fourth-order valence-corrected chi connectivity index (χ4v) is 1.99. The van der Waals surface area contributed by atoms with Gasteiger partial charge in [-0.2, -0.15) is 0 Å². The number of rotatable bonds is 4. The molecule has 20 heavy (non-hydrogen) atoms. The second-order valence-electron chi connectivity index (χ2n) is 4.39. The molecule has 1 aromatic carbocycles. The molecule has 0 radical (unpaired) electrons. The molecular weight excluding hydrogens is 258 g/mol. The Labute approximate surface area is 116 Å². The predicted molar refractivity (Wildman–Crippen MR) is 76.6 cm³/mol. The van der Waals surface area contributed by atoms with Crippen LogP contribution in [0.1, 0.15) is 11.3 Å². The number of benzene rings is 1. The lowest BCUT2D eigenvalue weighted by Crippen LogP contribution is -2.03. The van der Waals surface area contributed by atoms with E-state index >= 15 is 0 Å². The molecule has 0 saturated carbocycles. The van der Waals surface area contributed by atoms with Crippen molar-refractivity contribution in [1.82, 2.24) is 4.98 Å². The van der Waals surface area contributed by atoms with Crippen molar-refractivity contribution in [2.75, 3.05) is 12.4 Å². The number of anilines is 2. The van der Waals surface area contributed by atoms with Crippen LogP contribution < -0.4 is 10.1 Å². The monoisotopic (exact) mass is 273 g/mol. The van der Waals surface area contributed by atoms with Gasteiger partial charge in [-0.1, -0.05) is 6.07 Å². The zero-order valence-electron chi connectivity index (χ0n) is 11.5. The minimum Gasteiger partial charge on any atom is -0.497 e. The van der Waals surface area contributed by atoms with E-state index in [2.05, 4.69) is 10.3 Å². The van der Waals surface area contributed by atoms with E-state index in [0.717, 1.165) is 5.69 Å². The molecule has 2 aromatic rings. The SMILES string of the molecule is COc1cccc(Nc2nc(C)cc(C)c2[N+](=O)[O-])c1. The first-order valence-electron chi connectivity index (χ1n) is 6.05. The lowest BCUT2D eigenvalue weighted by molar-refractivity contribution is -0.384. The van der Waals surface area contributed by atoms with Gasteiger partial charge in [-0.3, -0.25) is 10.1 Å². The molecule has 0 fully saturated rings. The number of pyridine rings is 1. The van der Waals surface area contributed by atoms with Crippen LogP contribution in [0.2, 0.25) is 0 Å². The van der Waals surface area contributed by atoms with Crippen molar-refractivity contribution < 1.29 is 9.66 Å². The summed E-state index contributed by atoms with van der Waals surface area (Å²) in [4.78, 5) is 15.0. The third-order valence-corrected chi connectivity index (χ3v) is 2.83. The van der Waals surface area contributed by atoms with Crippen LogP contribution in [0.4, 0.5) is 17.2 Å². The van der Waals surface area contributed by atoms with Crippen LogP contribution in [0.15, 0.2) is 30.3 Å². The molecule has 1 aromatic heterocycles. The van der Waals surface area contributed by atoms with Crippen molar-refractivity contribution in [1.29, 1.82) is 0 Å². The fraction of sp³-hybridized carbons (Fsp3) is 0.214. The summed E-state index contributed by atoms with van der Waals surface area (Å²) < 4.78 is 5.12. The average molecular weight is 273 g/mol. The van der Waals surface area contributed by atoms with Crippen LogP contribution in [0.25, 0.3) is 0 Å². The Morgan fingerprint density at radius 1 is 1.30 bits per heavy atom. The summed E-state index contributed by atoms with van der Waals surface area (Å²) in [5.41, 5.74) is 1.97. The largest absolute Gasteiger partial charge is 0.497 e. The first-order chi connectivity index (χ1) is 9.51. The number of aromatic nitrogens is 1. The van der Waals surface area contributed by atoms with Crippen LogP contribution >= 0.6 is 0 Å². The molecule has 0 unspecified atom stereocenters. The van der Waals surface area contributed by atoms with Gasteiger partial charge in [-0.05, 0) is 32.0 Å². The van der Waals surface area contributed by atoms with E-state index in [-0.39, 0.29) is 11.5 Å². The lowest BCUT2D eigenvalue weighted by Gasteiger charge is -2.10. The number of hydrogen-bond acceptors (Lipinski definition) is 5. The van der Waals surface area contributed by atoms with Crippen molar-refractivity contribution in [3.8, 4) is 5.75 Å². The zero-order chi connectivity index (χ0) is 14.7. The van der Waals surface area contributed by atoms with Crippen LogP contribution in [0.3, 0.4) is 0 Å². The predicted octanol–water partition coefficient (Wildman–Crippen LogP) is 3.36. The summed E-state index contributed by atoms with van der Waals surface area (Å²) >= 11 is 0. The van der Waals surface area contributed by atoms with Gasteiger partial charge in [0.25, 0.3) is 0 Å². The molecule has 0 bridgehead atoms. The van der Waals surface area contributed by atoms with Crippen LogP contribution in [0, 0.1) is 24.0 Å². The maximum atomic E-state index is 11.2. The molecule has 1 heterocycles. The van der Waals surface area contributed by atoms with Gasteiger partial charge in [0, 0.05) is 23.0 Å². The zero-order valence-corrected chi connectivity index (χ0v) is 11.5. The fourth-order valence-electron chi connectivity index (χ4n) is 1.99. The highest BCUT2D eigenvalue weighted by Gasteiger charge is 2.19. The number of aryl methyl sites for hydroxylation is 2. The quantitative estimate of drug-likeness (QED) is 0.682. The first kappa shape index (κ1) is 13.8. The highest BCUT2D eigenvalue weighted by Crippen LogP contribution is 2.30. The van der Waals surface area contributed by atoms with Gasteiger partial charge in [0.2, 0.25) is 5.82 Å². The first-order valence-corrected chi connectivity index (χ1v) is 6.05. The third kappa shape index (κ3) is 2.85. The molecule has 2 rings (SSSR count). The van der Waals surface area contributed by atoms with E-state index in [4.69, 9.17) is 4.74 Å². The van der Waals surface area contributed by atoms with Crippen molar-refractivity contribution in [3.63, 3.8) is 0 Å². The van der Waals surface area contributed by atoms with Gasteiger partial charge >= 0.3 is 5.69 Å². The smallest absolute Gasteiger partial charge is 0.314 e. The van der Waals surface area contributed by atoms with Crippen molar-refractivity contribution in [2.45, 2.75) is 13.8 Å². The lowest BCUT2D eigenvalue weighted by atomic mass is 10.2. The number of ether oxygens (including phenoxy) is 1. The van der Waals surface area contributed by atoms with Gasteiger partial charge in [-0.15, -0.1) is 0 Å². The molecule has 0 saturated heterocycles. The number of nitrogens with one attached hydrogen (secondary N) is 1. The summed E-state index contributed by atoms with van der Waals surface area (Å²) in [7, 11) is 1.57. The molecule has 0 aliphatic rings. The molecule has 6 nitrogen and oxygen atoms in total. The Balaban J connectivity index is 2.44. The maximum absolute atomic E-state index is 11.2. The molecule has 0 spiro atoms.